The zero-order valence-corrected chi connectivity index (χ0v) is 11.7. The number of rotatable bonds is 4. The van der Waals surface area contributed by atoms with Crippen LogP contribution in [0.5, 0.6) is 0 Å². The van der Waals surface area contributed by atoms with E-state index in [0.717, 1.165) is 0 Å². The zero-order valence-electron chi connectivity index (χ0n) is 10.1. The Hall–Kier alpha value is -0.620. The van der Waals surface area contributed by atoms with Crippen LogP contribution < -0.4 is 5.73 Å². The molecule has 17 heavy (non-hydrogen) atoms. The topological polar surface area (TPSA) is 63.4 Å². The van der Waals surface area contributed by atoms with Gasteiger partial charge in [0.15, 0.2) is 0 Å². The number of benzene rings is 1. The quantitative estimate of drug-likeness (QED) is 0.909. The van der Waals surface area contributed by atoms with Gasteiger partial charge >= 0.3 is 0 Å². The molecular formula is C11H17ClN2O2S. The highest BCUT2D eigenvalue weighted by molar-refractivity contribution is 7.89. The van der Waals surface area contributed by atoms with Crippen molar-refractivity contribution in [3.63, 3.8) is 0 Å². The molecular weight excluding hydrogens is 260 g/mol. The molecule has 1 rings (SSSR count). The molecule has 0 fully saturated rings. The monoisotopic (exact) mass is 276 g/mol. The minimum atomic E-state index is -3.50. The van der Waals surface area contributed by atoms with Gasteiger partial charge in [-0.3, -0.25) is 0 Å². The van der Waals surface area contributed by atoms with Gasteiger partial charge in [-0.15, -0.1) is 0 Å². The average Bonchev–Trinajstić information content (AvgIpc) is 2.26. The Bertz CT molecular complexity index is 502. The number of nitrogens with zero attached hydrogens (tertiary/aromatic N) is 1. The van der Waals surface area contributed by atoms with Gasteiger partial charge in [-0.2, -0.15) is 4.31 Å². The minimum Gasteiger partial charge on any atom is -0.329 e. The third-order valence-electron chi connectivity index (χ3n) is 2.76. The molecule has 0 bridgehead atoms. The Morgan fingerprint density at radius 2 is 2.06 bits per heavy atom. The van der Waals surface area contributed by atoms with E-state index in [1.165, 1.54) is 17.4 Å². The van der Waals surface area contributed by atoms with Crippen molar-refractivity contribution in [3.05, 3.63) is 28.8 Å². The van der Waals surface area contributed by atoms with Crippen molar-refractivity contribution in [3.8, 4) is 0 Å². The fraction of sp³-hybridized carbons (Fsp3) is 0.455. The van der Waals surface area contributed by atoms with Crippen molar-refractivity contribution >= 4 is 21.6 Å². The van der Waals surface area contributed by atoms with E-state index in [0.29, 0.717) is 10.6 Å². The largest absolute Gasteiger partial charge is 0.329 e. The van der Waals surface area contributed by atoms with Gasteiger partial charge in [0.1, 0.15) is 0 Å². The van der Waals surface area contributed by atoms with E-state index in [2.05, 4.69) is 0 Å². The van der Waals surface area contributed by atoms with Gasteiger partial charge in [0, 0.05) is 24.7 Å². The first-order chi connectivity index (χ1) is 7.80. The highest BCUT2D eigenvalue weighted by Gasteiger charge is 2.25. The predicted octanol–water partition coefficient (Wildman–Crippen LogP) is 1.62. The summed E-state index contributed by atoms with van der Waals surface area (Å²) in [6.07, 6.45) is 0. The summed E-state index contributed by atoms with van der Waals surface area (Å²) in [5, 5.41) is 0.524. The molecule has 0 aliphatic rings. The van der Waals surface area contributed by atoms with Gasteiger partial charge in [-0.25, -0.2) is 8.42 Å². The van der Waals surface area contributed by atoms with Crippen LogP contribution >= 0.6 is 11.6 Å². The lowest BCUT2D eigenvalue weighted by Gasteiger charge is -2.23. The summed E-state index contributed by atoms with van der Waals surface area (Å²) in [4.78, 5) is 0.268. The summed E-state index contributed by atoms with van der Waals surface area (Å²) in [5.74, 6) is 0. The molecule has 0 amide bonds. The third-order valence-corrected chi connectivity index (χ3v) is 5.12. The molecule has 1 unspecified atom stereocenters. The maximum atomic E-state index is 12.3. The second kappa shape index (κ2) is 5.35. The molecule has 1 aromatic carbocycles. The summed E-state index contributed by atoms with van der Waals surface area (Å²) >= 11 is 5.81. The Morgan fingerprint density at radius 1 is 1.47 bits per heavy atom. The van der Waals surface area contributed by atoms with E-state index >= 15 is 0 Å². The van der Waals surface area contributed by atoms with Gasteiger partial charge in [0.05, 0.1) is 4.90 Å². The number of nitrogens with two attached hydrogens (primary N) is 1. The molecule has 96 valence electrons. The number of aryl methyl sites for hydroxylation is 1. The van der Waals surface area contributed by atoms with Crippen LogP contribution in [-0.4, -0.2) is 32.4 Å². The van der Waals surface area contributed by atoms with Crippen LogP contribution in [0, 0.1) is 6.92 Å². The SMILES string of the molecule is Cc1cc(Cl)ccc1S(=O)(=O)N(C)C(C)CN. The van der Waals surface area contributed by atoms with Crippen molar-refractivity contribution in [2.24, 2.45) is 5.73 Å². The normalized spacial score (nSPS) is 14.0. The smallest absolute Gasteiger partial charge is 0.243 e. The Balaban J connectivity index is 3.22. The lowest BCUT2D eigenvalue weighted by Crippen LogP contribution is -2.39. The van der Waals surface area contributed by atoms with E-state index in [1.54, 1.807) is 26.0 Å². The van der Waals surface area contributed by atoms with E-state index in [1.807, 2.05) is 0 Å². The summed E-state index contributed by atoms with van der Waals surface area (Å²) in [5.41, 5.74) is 6.12. The van der Waals surface area contributed by atoms with Crippen molar-refractivity contribution in [2.75, 3.05) is 13.6 Å². The molecule has 1 atom stereocenters. The molecule has 0 aliphatic heterocycles. The summed E-state index contributed by atoms with van der Waals surface area (Å²) in [6, 6.07) is 4.49. The van der Waals surface area contributed by atoms with E-state index in [9.17, 15) is 8.42 Å². The molecule has 0 spiro atoms. The zero-order chi connectivity index (χ0) is 13.2. The van der Waals surface area contributed by atoms with Crippen molar-refractivity contribution in [2.45, 2.75) is 24.8 Å². The predicted molar refractivity (Wildman–Crippen MR) is 69.7 cm³/mol. The number of likely N-dealkylation sites (N-methyl/N-ethyl adjacent to an activating group) is 1. The van der Waals surface area contributed by atoms with Crippen molar-refractivity contribution in [1.82, 2.24) is 4.31 Å². The number of sulfonamides is 1. The van der Waals surface area contributed by atoms with E-state index in [4.69, 9.17) is 17.3 Å². The highest BCUT2D eigenvalue weighted by Crippen LogP contribution is 2.23. The first-order valence-corrected chi connectivity index (χ1v) is 7.06. The molecule has 0 saturated heterocycles. The molecule has 0 heterocycles. The van der Waals surface area contributed by atoms with Crippen LogP contribution in [0.2, 0.25) is 5.02 Å². The van der Waals surface area contributed by atoms with Crippen LogP contribution in [0.3, 0.4) is 0 Å². The summed E-state index contributed by atoms with van der Waals surface area (Å²) in [7, 11) is -1.97. The van der Waals surface area contributed by atoms with E-state index < -0.39 is 10.0 Å². The Kier molecular flexibility index (Phi) is 4.55. The molecule has 1 aromatic rings. The van der Waals surface area contributed by atoms with Crippen LogP contribution in [0.15, 0.2) is 23.1 Å². The number of halogens is 1. The maximum Gasteiger partial charge on any atom is 0.243 e. The molecule has 6 heteroatoms. The lowest BCUT2D eigenvalue weighted by molar-refractivity contribution is 0.394. The van der Waals surface area contributed by atoms with Crippen LogP contribution in [0.4, 0.5) is 0 Å². The third kappa shape index (κ3) is 2.98. The average molecular weight is 277 g/mol. The van der Waals surface area contributed by atoms with Crippen LogP contribution in [0.25, 0.3) is 0 Å². The first-order valence-electron chi connectivity index (χ1n) is 5.25. The Morgan fingerprint density at radius 3 is 2.53 bits per heavy atom. The fourth-order valence-electron chi connectivity index (χ4n) is 1.44. The summed E-state index contributed by atoms with van der Waals surface area (Å²) in [6.45, 7) is 3.77. The number of hydrogen-bond acceptors (Lipinski definition) is 3. The van der Waals surface area contributed by atoms with Gasteiger partial charge in [0.2, 0.25) is 10.0 Å². The second-order valence-electron chi connectivity index (χ2n) is 4.02. The molecule has 0 aromatic heterocycles. The van der Waals surface area contributed by atoms with Gasteiger partial charge in [-0.05, 0) is 37.6 Å². The lowest BCUT2D eigenvalue weighted by atomic mass is 10.2. The molecule has 2 N–H and O–H groups in total. The standard InChI is InChI=1S/C11H17ClN2O2S/c1-8-6-10(12)4-5-11(8)17(15,16)14(3)9(2)7-13/h4-6,9H,7,13H2,1-3H3. The maximum absolute atomic E-state index is 12.3. The molecule has 0 radical (unpaired) electrons. The Labute approximate surface area is 107 Å². The first kappa shape index (κ1) is 14.4. The molecule has 4 nitrogen and oxygen atoms in total. The fourth-order valence-corrected chi connectivity index (χ4v) is 3.25. The van der Waals surface area contributed by atoms with Crippen molar-refractivity contribution < 1.29 is 8.42 Å². The van der Waals surface area contributed by atoms with Gasteiger partial charge < -0.3 is 5.73 Å². The van der Waals surface area contributed by atoms with Gasteiger partial charge in [-0.1, -0.05) is 11.6 Å². The second-order valence-corrected chi connectivity index (χ2v) is 6.42. The minimum absolute atomic E-state index is 0.241. The van der Waals surface area contributed by atoms with E-state index in [-0.39, 0.29) is 17.5 Å². The summed E-state index contributed by atoms with van der Waals surface area (Å²) < 4.78 is 25.9. The van der Waals surface area contributed by atoms with Crippen LogP contribution in [-0.2, 0) is 10.0 Å². The molecule has 0 saturated carbocycles. The molecule has 0 aliphatic carbocycles. The van der Waals surface area contributed by atoms with Crippen molar-refractivity contribution in [1.29, 1.82) is 0 Å². The van der Waals surface area contributed by atoms with Crippen LogP contribution in [0.1, 0.15) is 12.5 Å². The number of hydrogen-bond donors (Lipinski definition) is 1. The van der Waals surface area contributed by atoms with Gasteiger partial charge in [0.25, 0.3) is 0 Å². The highest BCUT2D eigenvalue weighted by atomic mass is 35.5.